The summed E-state index contributed by atoms with van der Waals surface area (Å²) in [5, 5.41) is 2.30. The molecule has 0 unspecified atom stereocenters. The topological polar surface area (TPSA) is 83.1 Å². The number of alkyl halides is 3. The smallest absolute Gasteiger partial charge is 0.416 e. The monoisotopic (exact) mass is 427 g/mol. The Bertz CT molecular complexity index is 889. The summed E-state index contributed by atoms with van der Waals surface area (Å²) in [5.74, 6) is -0.889. The predicted molar refractivity (Wildman–Crippen MR) is 99.7 cm³/mol. The summed E-state index contributed by atoms with van der Waals surface area (Å²) in [5.41, 5.74) is -0.909. The lowest BCUT2D eigenvalue weighted by Crippen LogP contribution is -2.29. The Morgan fingerprint density at radius 3 is 2.10 bits per heavy atom. The summed E-state index contributed by atoms with van der Waals surface area (Å²) >= 11 is 0. The minimum Gasteiger partial charge on any atom is -0.493 e. The van der Waals surface area contributed by atoms with Gasteiger partial charge in [-0.05, 0) is 23.8 Å². The second-order valence-electron chi connectivity index (χ2n) is 5.92. The fourth-order valence-corrected chi connectivity index (χ4v) is 2.61. The lowest BCUT2D eigenvalue weighted by atomic mass is 10.1. The molecule has 1 amide bonds. The second kappa shape index (κ2) is 9.86. The van der Waals surface area contributed by atoms with Crippen LogP contribution < -0.4 is 19.5 Å². The van der Waals surface area contributed by atoms with Crippen molar-refractivity contribution in [1.82, 2.24) is 5.32 Å². The molecule has 0 atom stereocenters. The number of halogens is 3. The summed E-state index contributed by atoms with van der Waals surface area (Å²) < 4.78 is 59.3. The van der Waals surface area contributed by atoms with Gasteiger partial charge in [-0.15, -0.1) is 0 Å². The van der Waals surface area contributed by atoms with Crippen LogP contribution in [0, 0.1) is 0 Å². The van der Waals surface area contributed by atoms with Gasteiger partial charge in [0.15, 0.2) is 18.1 Å². The highest BCUT2D eigenvalue weighted by atomic mass is 19.4. The van der Waals surface area contributed by atoms with E-state index in [0.29, 0.717) is 0 Å². The summed E-state index contributed by atoms with van der Waals surface area (Å²) in [7, 11) is 4.15. The van der Waals surface area contributed by atoms with E-state index in [1.54, 1.807) is 0 Å². The first kappa shape index (κ1) is 22.9. The number of hydrogen-bond donors (Lipinski definition) is 1. The van der Waals surface area contributed by atoms with Gasteiger partial charge in [0.2, 0.25) is 5.75 Å². The lowest BCUT2D eigenvalue weighted by molar-refractivity contribution is -0.138. The van der Waals surface area contributed by atoms with E-state index in [9.17, 15) is 22.8 Å². The van der Waals surface area contributed by atoms with E-state index in [1.807, 2.05) is 0 Å². The van der Waals surface area contributed by atoms with Gasteiger partial charge in [0.25, 0.3) is 5.91 Å². The van der Waals surface area contributed by atoms with Crippen molar-refractivity contribution in [3.63, 3.8) is 0 Å². The Kier molecular flexibility index (Phi) is 7.51. The average molecular weight is 427 g/mol. The molecule has 7 nitrogen and oxygen atoms in total. The minimum atomic E-state index is -4.54. The molecule has 30 heavy (non-hydrogen) atoms. The van der Waals surface area contributed by atoms with Gasteiger partial charge in [0.1, 0.15) is 0 Å². The van der Waals surface area contributed by atoms with Crippen LogP contribution >= 0.6 is 0 Å². The number of hydrogen-bond acceptors (Lipinski definition) is 6. The van der Waals surface area contributed by atoms with Gasteiger partial charge in [-0.2, -0.15) is 13.2 Å². The molecule has 0 heterocycles. The SMILES string of the molecule is COc1cc(C(=O)OCC(=O)NCc2ccccc2C(F)(F)F)cc(OC)c1OC. The van der Waals surface area contributed by atoms with Crippen molar-refractivity contribution in [2.24, 2.45) is 0 Å². The van der Waals surface area contributed by atoms with Crippen LogP contribution in [0.5, 0.6) is 17.2 Å². The Labute approximate surface area is 170 Å². The molecule has 0 bridgehead atoms. The normalized spacial score (nSPS) is 10.9. The Hall–Kier alpha value is -3.43. The largest absolute Gasteiger partial charge is 0.493 e. The van der Waals surface area contributed by atoms with Crippen LogP contribution in [0.4, 0.5) is 13.2 Å². The van der Waals surface area contributed by atoms with E-state index < -0.39 is 30.2 Å². The highest BCUT2D eigenvalue weighted by Crippen LogP contribution is 2.38. The number of esters is 1. The number of ether oxygens (including phenoxy) is 4. The van der Waals surface area contributed by atoms with E-state index >= 15 is 0 Å². The molecule has 10 heteroatoms. The molecule has 0 saturated carbocycles. The highest BCUT2D eigenvalue weighted by molar-refractivity contribution is 5.92. The van der Waals surface area contributed by atoms with E-state index in [4.69, 9.17) is 18.9 Å². The molecule has 0 radical (unpaired) electrons. The van der Waals surface area contributed by atoms with Crippen LogP contribution in [-0.4, -0.2) is 39.8 Å². The molecule has 0 aliphatic rings. The maximum Gasteiger partial charge on any atom is 0.416 e. The molecule has 0 fully saturated rings. The van der Waals surface area contributed by atoms with E-state index in [1.165, 1.54) is 51.7 Å². The van der Waals surface area contributed by atoms with Crippen molar-refractivity contribution >= 4 is 11.9 Å². The third kappa shape index (κ3) is 5.56. The quantitative estimate of drug-likeness (QED) is 0.652. The van der Waals surface area contributed by atoms with Crippen molar-refractivity contribution in [1.29, 1.82) is 0 Å². The molecule has 0 spiro atoms. The molecule has 0 aliphatic heterocycles. The van der Waals surface area contributed by atoms with Crippen molar-refractivity contribution in [3.05, 3.63) is 53.1 Å². The minimum absolute atomic E-state index is 0.0414. The van der Waals surface area contributed by atoms with Crippen LogP contribution in [-0.2, 0) is 22.3 Å². The summed E-state index contributed by atoms with van der Waals surface area (Å²) in [4.78, 5) is 24.2. The molecular weight excluding hydrogens is 407 g/mol. The average Bonchev–Trinajstić information content (AvgIpc) is 2.74. The zero-order valence-corrected chi connectivity index (χ0v) is 16.5. The van der Waals surface area contributed by atoms with E-state index in [2.05, 4.69) is 5.32 Å². The van der Waals surface area contributed by atoms with Crippen molar-refractivity contribution in [3.8, 4) is 17.2 Å². The first-order valence-electron chi connectivity index (χ1n) is 8.60. The maximum atomic E-state index is 13.0. The van der Waals surface area contributed by atoms with Gasteiger partial charge in [-0.3, -0.25) is 4.79 Å². The second-order valence-corrected chi connectivity index (χ2v) is 5.92. The van der Waals surface area contributed by atoms with Gasteiger partial charge in [0, 0.05) is 6.54 Å². The third-order valence-electron chi connectivity index (χ3n) is 4.03. The fraction of sp³-hybridized carbons (Fsp3) is 0.300. The van der Waals surface area contributed by atoms with Crippen LogP contribution in [0.3, 0.4) is 0 Å². The van der Waals surface area contributed by atoms with Gasteiger partial charge in [0.05, 0.1) is 32.5 Å². The van der Waals surface area contributed by atoms with Crippen molar-refractivity contribution < 1.29 is 41.7 Å². The van der Waals surface area contributed by atoms with Gasteiger partial charge in [-0.1, -0.05) is 18.2 Å². The molecule has 162 valence electrons. The Morgan fingerprint density at radius 1 is 0.967 bits per heavy atom. The maximum absolute atomic E-state index is 13.0. The summed E-state index contributed by atoms with van der Waals surface area (Å²) in [6.45, 7) is -1.04. The van der Waals surface area contributed by atoms with Crippen molar-refractivity contribution in [2.45, 2.75) is 12.7 Å². The van der Waals surface area contributed by atoms with Gasteiger partial charge < -0.3 is 24.3 Å². The molecule has 0 saturated heterocycles. The summed E-state index contributed by atoms with van der Waals surface area (Å²) in [6, 6.07) is 7.56. The Balaban J connectivity index is 2.00. The number of benzene rings is 2. The van der Waals surface area contributed by atoms with Gasteiger partial charge in [-0.25, -0.2) is 4.79 Å². The number of carbonyl (C=O) groups excluding carboxylic acids is 2. The fourth-order valence-electron chi connectivity index (χ4n) is 2.61. The first-order valence-corrected chi connectivity index (χ1v) is 8.60. The van der Waals surface area contributed by atoms with Gasteiger partial charge >= 0.3 is 12.1 Å². The Morgan fingerprint density at radius 2 is 1.57 bits per heavy atom. The number of rotatable bonds is 8. The first-order chi connectivity index (χ1) is 14.2. The number of methoxy groups -OCH3 is 3. The lowest BCUT2D eigenvalue weighted by Gasteiger charge is -2.14. The molecule has 2 aromatic rings. The molecule has 1 N–H and O–H groups in total. The van der Waals surface area contributed by atoms with Crippen LogP contribution in [0.2, 0.25) is 0 Å². The molecular formula is C20H20F3NO6. The number of amides is 1. The zero-order valence-electron chi connectivity index (χ0n) is 16.5. The van der Waals surface area contributed by atoms with Crippen LogP contribution in [0.25, 0.3) is 0 Å². The molecule has 0 aliphatic carbocycles. The van der Waals surface area contributed by atoms with E-state index in [0.717, 1.165) is 6.07 Å². The number of nitrogens with one attached hydrogen (secondary N) is 1. The molecule has 0 aromatic heterocycles. The zero-order chi connectivity index (χ0) is 22.3. The van der Waals surface area contributed by atoms with Crippen molar-refractivity contribution in [2.75, 3.05) is 27.9 Å². The highest BCUT2D eigenvalue weighted by Gasteiger charge is 2.32. The van der Waals surface area contributed by atoms with Crippen LogP contribution in [0.1, 0.15) is 21.5 Å². The van der Waals surface area contributed by atoms with Crippen LogP contribution in [0.15, 0.2) is 36.4 Å². The summed E-state index contributed by atoms with van der Waals surface area (Å²) in [6.07, 6.45) is -4.54. The predicted octanol–water partition coefficient (Wildman–Crippen LogP) is 3.20. The molecule has 2 aromatic carbocycles. The standard InChI is InChI=1S/C20H20F3NO6/c1-27-15-8-13(9-16(28-2)18(15)29-3)19(26)30-11-17(25)24-10-12-6-4-5-7-14(12)20(21,22)23/h4-9H,10-11H2,1-3H3,(H,24,25). The molecule has 2 rings (SSSR count). The number of carbonyl (C=O) groups is 2. The van der Waals surface area contributed by atoms with E-state index in [-0.39, 0.29) is 34.9 Å². The third-order valence-corrected chi connectivity index (χ3v) is 4.03.